The Kier molecular flexibility index (Phi) is 9.94. The minimum atomic E-state index is -1.12. The summed E-state index contributed by atoms with van der Waals surface area (Å²) in [4.78, 5) is 77.2. The maximum atomic E-state index is 15.5. The summed E-state index contributed by atoms with van der Waals surface area (Å²) in [5, 5.41) is 2.51. The summed E-state index contributed by atoms with van der Waals surface area (Å²) < 4.78 is 22.0. The molecule has 14 heteroatoms. The molecule has 0 bridgehead atoms. The van der Waals surface area contributed by atoms with Gasteiger partial charge in [-0.3, -0.25) is 34.2 Å². The number of nitrogens with zero attached hydrogens (tertiary/aromatic N) is 5. The summed E-state index contributed by atoms with van der Waals surface area (Å²) in [5.41, 5.74) is 3.55. The number of fused-ring (bicyclic) bond motifs is 2. The molecule has 1 unspecified atom stereocenters. The van der Waals surface area contributed by atoms with Crippen molar-refractivity contribution < 1.29 is 33.1 Å². The highest BCUT2D eigenvalue weighted by atomic mass is 35.5. The van der Waals surface area contributed by atoms with Crippen LogP contribution < -0.4 is 15.0 Å². The maximum Gasteiger partial charge on any atom is 0.262 e. The molecule has 1 atom stereocenters. The van der Waals surface area contributed by atoms with Crippen LogP contribution in [0.15, 0.2) is 66.7 Å². The number of aromatic nitrogens is 1. The van der Waals surface area contributed by atoms with Crippen molar-refractivity contribution in [1.29, 1.82) is 0 Å². The van der Waals surface area contributed by atoms with Gasteiger partial charge in [0.1, 0.15) is 29.4 Å². The fraction of sp³-hybridized carbons (Fsp3) is 0.354. The predicted molar refractivity (Wildman–Crippen MR) is 227 cm³/mol. The number of halogens is 2. The molecular formula is C48H42ClFN6O6. The molecule has 2 saturated heterocycles. The Morgan fingerprint density at radius 3 is 2.21 bits per heavy atom. The smallest absolute Gasteiger partial charge is 0.262 e. The van der Waals surface area contributed by atoms with Gasteiger partial charge in [-0.15, -0.1) is 0 Å². The summed E-state index contributed by atoms with van der Waals surface area (Å²) in [7, 11) is 0. The highest BCUT2D eigenvalue weighted by Crippen LogP contribution is 2.59. The Hall–Kier alpha value is -6.57. The molecule has 5 amide bonds. The van der Waals surface area contributed by atoms with Gasteiger partial charge in [-0.05, 0) is 85.2 Å². The lowest BCUT2D eigenvalue weighted by Gasteiger charge is -2.65. The van der Waals surface area contributed by atoms with E-state index in [0.717, 1.165) is 34.9 Å². The Bertz CT molecular complexity index is 2710. The zero-order chi connectivity index (χ0) is 43.8. The van der Waals surface area contributed by atoms with E-state index in [2.05, 4.69) is 61.8 Å². The molecule has 1 aliphatic carbocycles. The summed E-state index contributed by atoms with van der Waals surface area (Å²) in [6.07, 6.45) is 1.29. The third-order valence-electron chi connectivity index (χ3n) is 13.2. The highest BCUT2D eigenvalue weighted by Gasteiger charge is 2.67. The van der Waals surface area contributed by atoms with Gasteiger partial charge in [0.25, 0.3) is 17.7 Å². The fourth-order valence-electron chi connectivity index (χ4n) is 10.6. The first-order valence-electron chi connectivity index (χ1n) is 20.6. The molecule has 1 saturated carbocycles. The Labute approximate surface area is 363 Å². The molecule has 0 radical (unpaired) electrons. The van der Waals surface area contributed by atoms with Crippen LogP contribution in [0.25, 0.3) is 4.85 Å². The van der Waals surface area contributed by atoms with Crippen molar-refractivity contribution >= 4 is 52.5 Å². The number of rotatable bonds is 6. The van der Waals surface area contributed by atoms with E-state index < -0.39 is 46.3 Å². The van der Waals surface area contributed by atoms with Gasteiger partial charge in [0.05, 0.1) is 46.2 Å². The Morgan fingerprint density at radius 2 is 1.55 bits per heavy atom. The molecule has 5 heterocycles. The van der Waals surface area contributed by atoms with Gasteiger partial charge >= 0.3 is 0 Å². The zero-order valence-electron chi connectivity index (χ0n) is 34.6. The second-order valence-electron chi connectivity index (χ2n) is 17.8. The van der Waals surface area contributed by atoms with Crippen molar-refractivity contribution in [2.45, 2.75) is 84.0 Å². The van der Waals surface area contributed by atoms with Crippen molar-refractivity contribution in [1.82, 2.24) is 20.1 Å². The second kappa shape index (κ2) is 15.1. The van der Waals surface area contributed by atoms with Gasteiger partial charge < -0.3 is 14.5 Å². The van der Waals surface area contributed by atoms with E-state index in [0.29, 0.717) is 53.0 Å². The molecular weight excluding hydrogens is 811 g/mol. The van der Waals surface area contributed by atoms with Crippen LogP contribution in [0, 0.1) is 35.1 Å². The molecule has 4 aromatic rings. The van der Waals surface area contributed by atoms with Crippen LogP contribution in [0.2, 0.25) is 5.02 Å². The van der Waals surface area contributed by atoms with E-state index in [1.165, 1.54) is 6.07 Å². The van der Waals surface area contributed by atoms with E-state index in [9.17, 15) is 24.0 Å². The zero-order valence-corrected chi connectivity index (χ0v) is 35.3. The number of nitrogens with one attached hydrogen (secondary N) is 1. The van der Waals surface area contributed by atoms with Crippen molar-refractivity contribution in [3.05, 3.63) is 128 Å². The number of hydrogen-bond acceptors (Lipinski definition) is 8. The van der Waals surface area contributed by atoms with Gasteiger partial charge in [-0.1, -0.05) is 63.4 Å². The molecule has 3 fully saturated rings. The van der Waals surface area contributed by atoms with Crippen LogP contribution in [-0.4, -0.2) is 75.6 Å². The largest absolute Gasteiger partial charge is 0.489 e. The SMILES string of the molecule is [C-]#[N+]c1ccc(OC2C(C)(C)C(N3Cc4nc(C#Cc5ccc(C6CCN(c7cc8c(cc7F)C(=O)N(C7CCC(=O)NC7=O)C8=O)CC6)cc5)ccc4C3=O)C2(C)C)cc1Cl. The summed E-state index contributed by atoms with van der Waals surface area (Å²) in [6.45, 7) is 17.1. The number of benzene rings is 3. The quantitative estimate of drug-likeness (QED) is 0.120. The molecule has 62 heavy (non-hydrogen) atoms. The number of pyridine rings is 1. The fourth-order valence-corrected chi connectivity index (χ4v) is 10.8. The minimum Gasteiger partial charge on any atom is -0.489 e. The van der Waals surface area contributed by atoms with Crippen molar-refractivity contribution in [3.8, 4) is 17.6 Å². The van der Waals surface area contributed by atoms with Crippen LogP contribution in [0.3, 0.4) is 0 Å². The van der Waals surface area contributed by atoms with Gasteiger partial charge in [-0.25, -0.2) is 14.2 Å². The number of carbonyl (C=O) groups is 5. The first-order chi connectivity index (χ1) is 29.6. The summed E-state index contributed by atoms with van der Waals surface area (Å²) in [6, 6.07) is 17.9. The van der Waals surface area contributed by atoms with Crippen LogP contribution >= 0.6 is 11.6 Å². The number of hydrogen-bond donors (Lipinski definition) is 1. The number of amides is 5. The number of imide groups is 2. The molecule has 9 rings (SSSR count). The van der Waals surface area contributed by atoms with E-state index in [1.54, 1.807) is 30.3 Å². The third-order valence-corrected chi connectivity index (χ3v) is 13.5. The number of ether oxygens (including phenoxy) is 1. The van der Waals surface area contributed by atoms with Crippen molar-refractivity contribution in [2.24, 2.45) is 10.8 Å². The first-order valence-corrected chi connectivity index (χ1v) is 21.0. The molecule has 12 nitrogen and oxygen atoms in total. The second-order valence-corrected chi connectivity index (χ2v) is 18.2. The Balaban J connectivity index is 0.819. The molecule has 0 spiro atoms. The van der Waals surface area contributed by atoms with E-state index in [4.69, 9.17) is 27.9 Å². The van der Waals surface area contributed by atoms with Crippen LogP contribution in [0.1, 0.15) is 113 Å². The average molecular weight is 853 g/mol. The maximum absolute atomic E-state index is 15.5. The molecule has 314 valence electrons. The Morgan fingerprint density at radius 1 is 0.855 bits per heavy atom. The van der Waals surface area contributed by atoms with Gasteiger partial charge in [-0.2, -0.15) is 0 Å². The van der Waals surface area contributed by atoms with Crippen LogP contribution in [0.4, 0.5) is 15.8 Å². The standard InChI is InChI=1S/C48H42ClFN6O6/c1-47(2)45(48(3,4)46(47)62-30-13-15-36(51-5)34(49)22-30)55-25-37-31(42(55)59)14-12-29(52-37)11-8-26-6-9-27(10-7-26)28-18-20-54(21-19-28)39-24-33-32(23-35(39)50)43(60)56(44(33)61)38-16-17-40(57)53-41(38)58/h6-7,9-10,12-15,22-24,28,38,45-46H,16-21,25H2,1-4H3,(H,53,57,58). The van der Waals surface area contributed by atoms with E-state index in [-0.39, 0.29) is 53.6 Å². The predicted octanol–water partition coefficient (Wildman–Crippen LogP) is 7.45. The van der Waals surface area contributed by atoms with Crippen molar-refractivity contribution in [2.75, 3.05) is 18.0 Å². The van der Waals surface area contributed by atoms with Crippen LogP contribution in [-0.2, 0) is 16.1 Å². The van der Waals surface area contributed by atoms with E-state index >= 15 is 4.39 Å². The van der Waals surface area contributed by atoms with Crippen LogP contribution in [0.5, 0.6) is 5.75 Å². The monoisotopic (exact) mass is 852 g/mol. The topological polar surface area (TPSA) is 134 Å². The molecule has 1 aromatic heterocycles. The van der Waals surface area contributed by atoms with Crippen molar-refractivity contribution in [3.63, 3.8) is 0 Å². The average Bonchev–Trinajstić information content (AvgIpc) is 3.68. The lowest BCUT2D eigenvalue weighted by atomic mass is 9.49. The number of piperidine rings is 2. The molecule has 3 aromatic carbocycles. The normalized spacial score (nSPS) is 22.6. The molecule has 4 aliphatic heterocycles. The van der Waals surface area contributed by atoms with Gasteiger partial charge in [0, 0.05) is 41.9 Å². The number of anilines is 1. The molecule has 5 aliphatic rings. The summed E-state index contributed by atoms with van der Waals surface area (Å²) in [5.74, 6) is 3.93. The van der Waals surface area contributed by atoms with Gasteiger partial charge in [0.2, 0.25) is 17.5 Å². The first kappa shape index (κ1) is 40.8. The summed E-state index contributed by atoms with van der Waals surface area (Å²) >= 11 is 6.29. The van der Waals surface area contributed by atoms with E-state index in [1.807, 2.05) is 21.9 Å². The lowest BCUT2D eigenvalue weighted by molar-refractivity contribution is -0.199. The third kappa shape index (κ3) is 6.76. The number of carbonyl (C=O) groups excluding carboxylic acids is 5. The van der Waals surface area contributed by atoms with Gasteiger partial charge in [0.15, 0.2) is 0 Å². The minimum absolute atomic E-state index is 0.00400. The highest BCUT2D eigenvalue weighted by molar-refractivity contribution is 6.33. The molecule has 1 N–H and O–H groups in total. The lowest BCUT2D eigenvalue weighted by Crippen LogP contribution is -2.74.